The van der Waals surface area contributed by atoms with Gasteiger partial charge >= 0.3 is 0 Å². The van der Waals surface area contributed by atoms with E-state index < -0.39 is 0 Å². The number of fused-ring (bicyclic) bond motifs is 1. The van der Waals surface area contributed by atoms with Crippen molar-refractivity contribution in [3.05, 3.63) is 18.1 Å². The fraction of sp³-hybridized carbons (Fsp3) is 0.625. The number of hydrogen-bond donors (Lipinski definition) is 3. The van der Waals surface area contributed by atoms with Crippen molar-refractivity contribution in [3.63, 3.8) is 0 Å². The van der Waals surface area contributed by atoms with Crippen LogP contribution in [-0.4, -0.2) is 44.2 Å². The van der Waals surface area contributed by atoms with Crippen LogP contribution in [0.1, 0.15) is 38.2 Å². The van der Waals surface area contributed by atoms with Crippen LogP contribution in [0, 0.1) is 5.92 Å². The molecule has 4 N–H and O–H groups in total. The maximum atomic E-state index is 10.2. The lowest BCUT2D eigenvalue weighted by Crippen LogP contribution is -2.21. The molecule has 3 heterocycles. The van der Waals surface area contributed by atoms with Crippen LogP contribution >= 0.6 is 0 Å². The van der Waals surface area contributed by atoms with Crippen molar-refractivity contribution in [2.24, 2.45) is 5.92 Å². The fourth-order valence-corrected chi connectivity index (χ4v) is 3.38. The Bertz CT molecular complexity index is 626. The molecule has 1 fully saturated rings. The first-order valence-corrected chi connectivity index (χ1v) is 8.16. The van der Waals surface area contributed by atoms with Crippen LogP contribution in [0.4, 0.5) is 5.82 Å². The molecule has 6 heteroatoms. The number of aromatic nitrogens is 3. The number of anilines is 1. The Balaban J connectivity index is 1.65. The van der Waals surface area contributed by atoms with Gasteiger partial charge in [0.2, 0.25) is 0 Å². The number of nitrogens with one attached hydrogen (secondary N) is 1. The van der Waals surface area contributed by atoms with E-state index in [9.17, 15) is 5.11 Å². The number of nitrogens with two attached hydrogens (primary N) is 1. The number of rotatable bonds is 6. The van der Waals surface area contributed by atoms with Crippen molar-refractivity contribution in [2.75, 3.05) is 18.8 Å². The molecule has 0 radical (unpaired) electrons. The number of hydrogen-bond acceptors (Lipinski definition) is 5. The minimum Gasteiger partial charge on any atom is -0.391 e. The average Bonchev–Trinajstić information content (AvgIpc) is 3.05. The lowest BCUT2D eigenvalue weighted by molar-refractivity contribution is 0.136. The molecule has 0 bridgehead atoms. The van der Waals surface area contributed by atoms with E-state index >= 15 is 0 Å². The lowest BCUT2D eigenvalue weighted by atomic mass is 9.98. The smallest absolute Gasteiger partial charge is 0.151 e. The molecule has 120 valence electrons. The molecule has 0 spiro atoms. The van der Waals surface area contributed by atoms with E-state index in [0.29, 0.717) is 11.7 Å². The Kier molecular flexibility index (Phi) is 4.59. The van der Waals surface area contributed by atoms with Gasteiger partial charge in [-0.25, -0.2) is 9.97 Å². The van der Waals surface area contributed by atoms with Gasteiger partial charge in [0, 0.05) is 31.4 Å². The van der Waals surface area contributed by atoms with E-state index in [4.69, 9.17) is 5.73 Å². The normalized spacial score (nSPS) is 22.6. The van der Waals surface area contributed by atoms with Crippen LogP contribution in [-0.2, 0) is 6.54 Å². The molecular formula is C16H25N5O. The van der Waals surface area contributed by atoms with Crippen molar-refractivity contribution in [1.82, 2.24) is 19.9 Å². The molecule has 1 saturated heterocycles. The van der Waals surface area contributed by atoms with Crippen molar-refractivity contribution >= 4 is 16.9 Å². The highest BCUT2D eigenvalue weighted by molar-refractivity contribution is 5.86. The minimum absolute atomic E-state index is 0.207. The summed E-state index contributed by atoms with van der Waals surface area (Å²) >= 11 is 0. The summed E-state index contributed by atoms with van der Waals surface area (Å²) in [4.78, 5) is 13.8. The van der Waals surface area contributed by atoms with Gasteiger partial charge < -0.3 is 15.8 Å². The molecule has 22 heavy (non-hydrogen) atoms. The maximum absolute atomic E-state index is 10.2. The molecule has 2 atom stereocenters. The number of nitrogens with zero attached hydrogens (tertiary/aromatic N) is 3. The molecule has 1 aliphatic rings. The van der Waals surface area contributed by atoms with Gasteiger partial charge in [-0.2, -0.15) is 0 Å². The predicted molar refractivity (Wildman–Crippen MR) is 87.2 cm³/mol. The van der Waals surface area contributed by atoms with Gasteiger partial charge in [-0.15, -0.1) is 0 Å². The van der Waals surface area contributed by atoms with Gasteiger partial charge in [0.25, 0.3) is 0 Å². The molecular weight excluding hydrogens is 278 g/mol. The number of unbranched alkanes of at least 4 members (excludes halogenated alkanes) is 2. The number of likely N-dealkylation sites (tertiary alicyclic amines) is 1. The molecule has 1 unspecified atom stereocenters. The van der Waals surface area contributed by atoms with Crippen LogP contribution in [0.2, 0.25) is 0 Å². The van der Waals surface area contributed by atoms with E-state index in [0.717, 1.165) is 42.7 Å². The first-order valence-electron chi connectivity index (χ1n) is 8.16. The third-order valence-corrected chi connectivity index (χ3v) is 4.63. The second kappa shape index (κ2) is 6.62. The zero-order valence-electron chi connectivity index (χ0n) is 13.1. The summed E-state index contributed by atoms with van der Waals surface area (Å²) in [7, 11) is 0. The highest BCUT2D eigenvalue weighted by Gasteiger charge is 2.31. The van der Waals surface area contributed by atoms with Crippen molar-refractivity contribution in [2.45, 2.75) is 45.3 Å². The van der Waals surface area contributed by atoms with E-state index in [-0.39, 0.29) is 6.10 Å². The lowest BCUT2D eigenvalue weighted by Gasteiger charge is -2.14. The Labute approximate surface area is 130 Å². The highest BCUT2D eigenvalue weighted by atomic mass is 16.3. The summed E-state index contributed by atoms with van der Waals surface area (Å²) in [6, 6.07) is 0. The molecule has 2 aromatic rings. The number of aromatic amines is 1. The minimum atomic E-state index is -0.207. The molecule has 3 rings (SSSR count). The quantitative estimate of drug-likeness (QED) is 0.709. The van der Waals surface area contributed by atoms with Crippen molar-refractivity contribution in [1.29, 1.82) is 0 Å². The SMILES string of the molecule is CCCCC[C@H]1CN(Cc2c[nH]c3c(N)ncnc23)CC1O. The number of nitrogen functional groups attached to an aromatic ring is 1. The van der Waals surface area contributed by atoms with E-state index in [1.54, 1.807) is 0 Å². The van der Waals surface area contributed by atoms with Gasteiger partial charge in [-0.3, -0.25) is 4.90 Å². The van der Waals surface area contributed by atoms with Gasteiger partial charge in [-0.05, 0) is 12.3 Å². The summed E-state index contributed by atoms with van der Waals surface area (Å²) in [5.41, 5.74) is 8.66. The van der Waals surface area contributed by atoms with Gasteiger partial charge in [0.15, 0.2) is 5.82 Å². The van der Waals surface area contributed by atoms with Crippen LogP contribution in [0.25, 0.3) is 11.0 Å². The van der Waals surface area contributed by atoms with Crippen molar-refractivity contribution in [3.8, 4) is 0 Å². The van der Waals surface area contributed by atoms with Gasteiger partial charge in [0.1, 0.15) is 11.8 Å². The molecule has 0 aliphatic carbocycles. The van der Waals surface area contributed by atoms with Crippen LogP contribution in [0.5, 0.6) is 0 Å². The van der Waals surface area contributed by atoms with Gasteiger partial charge in [0.05, 0.1) is 11.6 Å². The third kappa shape index (κ3) is 3.08. The molecule has 0 aromatic carbocycles. The number of aliphatic hydroxyl groups excluding tert-OH is 1. The first kappa shape index (κ1) is 15.2. The van der Waals surface area contributed by atoms with E-state index in [2.05, 4.69) is 26.8 Å². The van der Waals surface area contributed by atoms with Crippen LogP contribution in [0.15, 0.2) is 12.5 Å². The second-order valence-corrected chi connectivity index (χ2v) is 6.31. The highest BCUT2D eigenvalue weighted by Crippen LogP contribution is 2.26. The Morgan fingerprint density at radius 2 is 2.23 bits per heavy atom. The van der Waals surface area contributed by atoms with Crippen LogP contribution < -0.4 is 5.73 Å². The largest absolute Gasteiger partial charge is 0.391 e. The Morgan fingerprint density at radius 1 is 1.36 bits per heavy atom. The Hall–Kier alpha value is -1.66. The number of H-pyrrole nitrogens is 1. The predicted octanol–water partition coefficient (Wildman–Crippen LogP) is 1.91. The summed E-state index contributed by atoms with van der Waals surface area (Å²) in [5.74, 6) is 0.881. The topological polar surface area (TPSA) is 91.1 Å². The number of aliphatic hydroxyl groups is 1. The summed E-state index contributed by atoms with van der Waals surface area (Å²) in [6.45, 7) is 4.70. The summed E-state index contributed by atoms with van der Waals surface area (Å²) in [6.07, 6.45) is 8.05. The van der Waals surface area contributed by atoms with Crippen molar-refractivity contribution < 1.29 is 5.11 Å². The average molecular weight is 303 g/mol. The standard InChI is InChI=1S/C16H25N5O/c1-2-3-4-5-11-7-21(9-13(11)22)8-12-6-18-15-14(12)19-10-20-16(15)17/h6,10-11,13,18,22H,2-5,7-9H2,1H3,(H2,17,19,20)/t11-,13?/m0/s1. The summed E-state index contributed by atoms with van der Waals surface area (Å²) < 4.78 is 0. The molecule has 0 saturated carbocycles. The molecule has 1 aliphatic heterocycles. The van der Waals surface area contributed by atoms with Gasteiger partial charge in [-0.1, -0.05) is 26.2 Å². The maximum Gasteiger partial charge on any atom is 0.151 e. The van der Waals surface area contributed by atoms with Crippen LogP contribution in [0.3, 0.4) is 0 Å². The zero-order chi connectivity index (χ0) is 15.5. The third-order valence-electron chi connectivity index (χ3n) is 4.63. The fourth-order valence-electron chi connectivity index (χ4n) is 3.38. The van der Waals surface area contributed by atoms with E-state index in [1.165, 1.54) is 25.6 Å². The molecule has 0 amide bonds. The first-order chi connectivity index (χ1) is 10.7. The second-order valence-electron chi connectivity index (χ2n) is 6.31. The monoisotopic (exact) mass is 303 g/mol. The number of β-amino-alcohol motifs (C(OH)–C–C–N with tert-alkyl or cyclic N) is 1. The summed E-state index contributed by atoms with van der Waals surface area (Å²) in [5, 5.41) is 10.2. The van der Waals surface area contributed by atoms with E-state index in [1.807, 2.05) is 6.20 Å². The Morgan fingerprint density at radius 3 is 3.05 bits per heavy atom. The molecule has 2 aromatic heterocycles. The zero-order valence-corrected chi connectivity index (χ0v) is 13.1. The molecule has 6 nitrogen and oxygen atoms in total.